The van der Waals surface area contributed by atoms with E-state index in [0.29, 0.717) is 25.6 Å². The van der Waals surface area contributed by atoms with E-state index in [1.807, 2.05) is 30.3 Å². The molecule has 5 heteroatoms. The lowest BCUT2D eigenvalue weighted by Gasteiger charge is -2.27. The van der Waals surface area contributed by atoms with E-state index in [-0.39, 0.29) is 6.04 Å². The van der Waals surface area contributed by atoms with Crippen molar-refractivity contribution in [2.45, 2.75) is 31.7 Å². The Hall–Kier alpha value is -1.49. The molecule has 0 spiro atoms. The Morgan fingerprint density at radius 2 is 1.90 bits per heavy atom. The summed E-state index contributed by atoms with van der Waals surface area (Å²) in [5, 5.41) is 2.45. The predicted octanol–water partition coefficient (Wildman–Crippen LogP) is 2.93. The summed E-state index contributed by atoms with van der Waals surface area (Å²) < 4.78 is 30.2. The Labute approximate surface area is 117 Å². The van der Waals surface area contributed by atoms with Crippen LogP contribution in [0.5, 0.6) is 0 Å². The van der Waals surface area contributed by atoms with Gasteiger partial charge in [0.1, 0.15) is 0 Å². The Morgan fingerprint density at radius 3 is 2.50 bits per heavy atom. The van der Waals surface area contributed by atoms with E-state index in [4.69, 9.17) is 4.74 Å². The van der Waals surface area contributed by atoms with Crippen LogP contribution in [0.1, 0.15) is 30.9 Å². The van der Waals surface area contributed by atoms with Gasteiger partial charge in [-0.15, -0.1) is 0 Å². The molecule has 1 saturated heterocycles. The SMILES string of the molecule is O=C(N[C@H](CC1CCOCC1)c1ccccc1)C(F)F. The molecule has 1 heterocycles. The molecule has 0 aromatic heterocycles. The molecule has 0 aliphatic carbocycles. The number of amides is 1. The van der Waals surface area contributed by atoms with Crippen molar-refractivity contribution in [1.82, 2.24) is 5.32 Å². The summed E-state index contributed by atoms with van der Waals surface area (Å²) in [4.78, 5) is 11.3. The second kappa shape index (κ2) is 7.33. The van der Waals surface area contributed by atoms with Crippen LogP contribution in [-0.2, 0) is 9.53 Å². The van der Waals surface area contributed by atoms with Gasteiger partial charge >= 0.3 is 6.43 Å². The zero-order valence-electron chi connectivity index (χ0n) is 11.2. The van der Waals surface area contributed by atoms with Crippen molar-refractivity contribution in [1.29, 1.82) is 0 Å². The van der Waals surface area contributed by atoms with Gasteiger partial charge in [0.15, 0.2) is 0 Å². The molecule has 1 aliphatic rings. The van der Waals surface area contributed by atoms with Crippen LogP contribution in [0.4, 0.5) is 8.78 Å². The minimum absolute atomic E-state index is 0.360. The molecule has 2 rings (SSSR count). The normalized spacial score (nSPS) is 17.9. The average molecular weight is 283 g/mol. The zero-order valence-corrected chi connectivity index (χ0v) is 11.2. The van der Waals surface area contributed by atoms with E-state index in [1.54, 1.807) is 0 Å². The highest BCUT2D eigenvalue weighted by Gasteiger charge is 2.24. The smallest absolute Gasteiger partial charge is 0.315 e. The number of nitrogens with one attached hydrogen (secondary N) is 1. The average Bonchev–Trinajstić information content (AvgIpc) is 2.48. The predicted molar refractivity (Wildman–Crippen MR) is 71.5 cm³/mol. The Balaban J connectivity index is 2.05. The van der Waals surface area contributed by atoms with Crippen molar-refractivity contribution in [3.63, 3.8) is 0 Å². The first-order valence-corrected chi connectivity index (χ1v) is 6.88. The van der Waals surface area contributed by atoms with Crippen molar-refractivity contribution in [3.8, 4) is 0 Å². The highest BCUT2D eigenvalue weighted by Crippen LogP contribution is 2.27. The minimum atomic E-state index is -2.98. The summed E-state index contributed by atoms with van der Waals surface area (Å²) in [5.74, 6) is -0.808. The maximum Gasteiger partial charge on any atom is 0.315 e. The van der Waals surface area contributed by atoms with Gasteiger partial charge in [-0.2, -0.15) is 8.78 Å². The summed E-state index contributed by atoms with van der Waals surface area (Å²) in [5.41, 5.74) is 0.869. The summed E-state index contributed by atoms with van der Waals surface area (Å²) in [7, 11) is 0. The highest BCUT2D eigenvalue weighted by atomic mass is 19.3. The number of halogens is 2. The third-order valence-corrected chi connectivity index (χ3v) is 3.63. The fraction of sp³-hybridized carbons (Fsp3) is 0.533. The number of hydrogen-bond acceptors (Lipinski definition) is 2. The summed E-state index contributed by atoms with van der Waals surface area (Å²) in [6.07, 6.45) is -0.482. The number of alkyl halides is 2. The summed E-state index contributed by atoms with van der Waals surface area (Å²) in [6, 6.07) is 8.91. The van der Waals surface area contributed by atoms with Gasteiger partial charge in [-0.3, -0.25) is 4.79 Å². The fourth-order valence-electron chi connectivity index (χ4n) is 2.51. The molecule has 0 bridgehead atoms. The van der Waals surface area contributed by atoms with Crippen molar-refractivity contribution < 1.29 is 18.3 Å². The van der Waals surface area contributed by atoms with Crippen LogP contribution in [0.3, 0.4) is 0 Å². The molecule has 0 radical (unpaired) electrons. The largest absolute Gasteiger partial charge is 0.381 e. The molecule has 1 aliphatic heterocycles. The van der Waals surface area contributed by atoms with E-state index >= 15 is 0 Å². The van der Waals surface area contributed by atoms with Crippen LogP contribution < -0.4 is 5.32 Å². The number of rotatable bonds is 5. The molecule has 110 valence electrons. The maximum atomic E-state index is 12.5. The second-order valence-corrected chi connectivity index (χ2v) is 5.06. The van der Waals surface area contributed by atoms with Gasteiger partial charge in [0.05, 0.1) is 6.04 Å². The molecule has 1 fully saturated rings. The van der Waals surface area contributed by atoms with Crippen molar-refractivity contribution in [2.24, 2.45) is 5.92 Å². The number of carbonyl (C=O) groups is 1. The first-order valence-electron chi connectivity index (χ1n) is 6.88. The van der Waals surface area contributed by atoms with Crippen LogP contribution in [0, 0.1) is 5.92 Å². The van der Waals surface area contributed by atoms with Crippen molar-refractivity contribution in [3.05, 3.63) is 35.9 Å². The van der Waals surface area contributed by atoms with Crippen molar-refractivity contribution >= 4 is 5.91 Å². The van der Waals surface area contributed by atoms with Gasteiger partial charge in [-0.1, -0.05) is 30.3 Å². The van der Waals surface area contributed by atoms with E-state index in [0.717, 1.165) is 18.4 Å². The van der Waals surface area contributed by atoms with Crippen LogP contribution >= 0.6 is 0 Å². The highest BCUT2D eigenvalue weighted by molar-refractivity contribution is 5.79. The molecule has 20 heavy (non-hydrogen) atoms. The molecule has 1 aromatic rings. The minimum Gasteiger partial charge on any atom is -0.381 e. The molecular formula is C15H19F2NO2. The lowest BCUT2D eigenvalue weighted by atomic mass is 9.89. The van der Waals surface area contributed by atoms with Crippen LogP contribution in [0.2, 0.25) is 0 Å². The molecule has 1 amide bonds. The summed E-state index contributed by atoms with van der Waals surface area (Å²) in [6.45, 7) is 1.41. The van der Waals surface area contributed by atoms with E-state index in [1.165, 1.54) is 0 Å². The lowest BCUT2D eigenvalue weighted by Crippen LogP contribution is -2.35. The van der Waals surface area contributed by atoms with Gasteiger partial charge in [-0.05, 0) is 30.7 Å². The topological polar surface area (TPSA) is 38.3 Å². The first-order chi connectivity index (χ1) is 9.66. The third-order valence-electron chi connectivity index (χ3n) is 3.63. The van der Waals surface area contributed by atoms with Gasteiger partial charge < -0.3 is 10.1 Å². The van der Waals surface area contributed by atoms with Gasteiger partial charge in [-0.25, -0.2) is 0 Å². The van der Waals surface area contributed by atoms with E-state index < -0.39 is 12.3 Å². The quantitative estimate of drug-likeness (QED) is 0.902. The lowest BCUT2D eigenvalue weighted by molar-refractivity contribution is -0.132. The molecule has 3 nitrogen and oxygen atoms in total. The molecule has 0 saturated carbocycles. The summed E-state index contributed by atoms with van der Waals surface area (Å²) >= 11 is 0. The van der Waals surface area contributed by atoms with Crippen LogP contribution in [0.25, 0.3) is 0 Å². The Kier molecular flexibility index (Phi) is 5.47. The number of carbonyl (C=O) groups excluding carboxylic acids is 1. The van der Waals surface area contributed by atoms with Crippen molar-refractivity contribution in [2.75, 3.05) is 13.2 Å². The van der Waals surface area contributed by atoms with Gasteiger partial charge in [0, 0.05) is 13.2 Å². The second-order valence-electron chi connectivity index (χ2n) is 5.06. The molecule has 1 aromatic carbocycles. The third kappa shape index (κ3) is 4.27. The first kappa shape index (κ1) is 14.9. The van der Waals surface area contributed by atoms with Gasteiger partial charge in [0.25, 0.3) is 5.91 Å². The molecule has 1 N–H and O–H groups in total. The van der Waals surface area contributed by atoms with E-state index in [9.17, 15) is 13.6 Å². The Morgan fingerprint density at radius 1 is 1.25 bits per heavy atom. The number of benzene rings is 1. The molecular weight excluding hydrogens is 264 g/mol. The Bertz CT molecular complexity index is 419. The van der Waals surface area contributed by atoms with E-state index in [2.05, 4.69) is 5.32 Å². The standard InChI is InChI=1S/C15H19F2NO2/c16-14(17)15(19)18-13(12-4-2-1-3-5-12)10-11-6-8-20-9-7-11/h1-5,11,13-14H,6-10H2,(H,18,19)/t13-/m1/s1. The zero-order chi connectivity index (χ0) is 14.4. The monoisotopic (exact) mass is 283 g/mol. The maximum absolute atomic E-state index is 12.5. The fourth-order valence-corrected chi connectivity index (χ4v) is 2.51. The molecule has 0 unspecified atom stereocenters. The molecule has 1 atom stereocenters. The van der Waals surface area contributed by atoms with Gasteiger partial charge in [0.2, 0.25) is 0 Å². The van der Waals surface area contributed by atoms with Crippen LogP contribution in [-0.4, -0.2) is 25.5 Å². The number of hydrogen-bond donors (Lipinski definition) is 1. The van der Waals surface area contributed by atoms with Crippen LogP contribution in [0.15, 0.2) is 30.3 Å². The number of ether oxygens (including phenoxy) is 1.